The fourth-order valence-electron chi connectivity index (χ4n) is 2.46. The Balaban J connectivity index is 0.00000133. The van der Waals surface area contributed by atoms with Crippen LogP contribution in [-0.4, -0.2) is 0 Å². The van der Waals surface area contributed by atoms with E-state index in [2.05, 4.69) is 74.5 Å². The minimum absolute atomic E-state index is 0. The molecule has 0 saturated heterocycles. The van der Waals surface area contributed by atoms with Gasteiger partial charge >= 0.3 is 0 Å². The third-order valence-electron chi connectivity index (χ3n) is 3.57. The van der Waals surface area contributed by atoms with Crippen LogP contribution in [0.25, 0.3) is 21.9 Å². The quantitative estimate of drug-likeness (QED) is 0.326. The van der Waals surface area contributed by atoms with Gasteiger partial charge in [0.05, 0.1) is 0 Å². The topological polar surface area (TPSA) is 0 Å². The Hall–Kier alpha value is -1.08. The largest absolute Gasteiger partial charge is 0.358 e. The van der Waals surface area contributed by atoms with Crippen molar-refractivity contribution in [2.45, 2.75) is 19.8 Å². The van der Waals surface area contributed by atoms with Gasteiger partial charge < -0.3 is 14.9 Å². The predicted molar refractivity (Wildman–Crippen MR) is 91.9 cm³/mol. The van der Waals surface area contributed by atoms with Crippen LogP contribution in [0.3, 0.4) is 0 Å². The fourth-order valence-corrected chi connectivity index (χ4v) is 2.46. The Kier molecular flexibility index (Phi) is 7.95. The van der Waals surface area contributed by atoms with Gasteiger partial charge in [0.15, 0.2) is 0 Å². The van der Waals surface area contributed by atoms with E-state index in [-0.39, 0.29) is 40.7 Å². The van der Waals surface area contributed by atoms with Gasteiger partial charge in [0.25, 0.3) is 0 Å². The molecular weight excluding hydrogens is 419 g/mol. The summed E-state index contributed by atoms with van der Waals surface area (Å²) in [4.78, 5) is 0. The molecule has 0 heterocycles. The van der Waals surface area contributed by atoms with Crippen LogP contribution in [0.1, 0.15) is 25.3 Å². The fraction of sp³-hybridized carbons (Fsp3) is 0.150. The Morgan fingerprint density at radius 1 is 0.857 bits per heavy atom. The molecule has 0 spiro atoms. The van der Waals surface area contributed by atoms with E-state index in [1.165, 1.54) is 27.5 Å². The van der Waals surface area contributed by atoms with Crippen molar-refractivity contribution in [3.8, 4) is 11.1 Å². The van der Waals surface area contributed by atoms with Crippen LogP contribution in [0.4, 0.5) is 0 Å². The summed E-state index contributed by atoms with van der Waals surface area (Å²) in [7, 11) is 0. The molecule has 0 aliphatic rings. The number of hydrogen-bond acceptors (Lipinski definition) is 0. The van der Waals surface area contributed by atoms with Gasteiger partial charge in [-0.15, -0.1) is 29.0 Å². The number of fused-ring (bicyclic) bond motifs is 1. The zero-order valence-electron chi connectivity index (χ0n) is 13.4. The van der Waals surface area contributed by atoms with Crippen LogP contribution in [0.5, 0.6) is 0 Å². The minimum Gasteiger partial charge on any atom is -0.358 e. The van der Waals surface area contributed by atoms with Crippen molar-refractivity contribution in [3.63, 3.8) is 0 Å². The SMILES string of the molecule is CC(C)c1ccc(-c2cccc3[cH-]ccc23)cc1.[CH3-].[CH3-].[Hf]. The maximum absolute atomic E-state index is 2.24. The van der Waals surface area contributed by atoms with E-state index in [1.807, 2.05) is 0 Å². The number of benzene rings is 2. The summed E-state index contributed by atoms with van der Waals surface area (Å²) in [6, 6.07) is 21.9. The second kappa shape index (κ2) is 8.38. The van der Waals surface area contributed by atoms with Crippen LogP contribution in [-0.2, 0) is 25.8 Å². The summed E-state index contributed by atoms with van der Waals surface area (Å²) < 4.78 is 0. The summed E-state index contributed by atoms with van der Waals surface area (Å²) >= 11 is 0. The van der Waals surface area contributed by atoms with Gasteiger partial charge in [-0.1, -0.05) is 49.7 Å². The van der Waals surface area contributed by atoms with Crippen LogP contribution < -0.4 is 0 Å². The molecular formula is C20H23Hf-3. The van der Waals surface area contributed by atoms with E-state index in [1.54, 1.807) is 0 Å². The first kappa shape index (κ1) is 19.9. The molecule has 0 aromatic heterocycles. The van der Waals surface area contributed by atoms with Crippen molar-refractivity contribution in [1.82, 2.24) is 0 Å². The summed E-state index contributed by atoms with van der Waals surface area (Å²) in [6.07, 6.45) is 0. The van der Waals surface area contributed by atoms with Crippen LogP contribution in [0.2, 0.25) is 0 Å². The molecule has 110 valence electrons. The molecule has 0 aliphatic carbocycles. The average Bonchev–Trinajstić information content (AvgIpc) is 2.87. The molecule has 3 aromatic carbocycles. The third-order valence-corrected chi connectivity index (χ3v) is 3.57. The number of rotatable bonds is 2. The van der Waals surface area contributed by atoms with Gasteiger partial charge in [0, 0.05) is 25.8 Å². The van der Waals surface area contributed by atoms with Crippen molar-refractivity contribution in [2.24, 2.45) is 0 Å². The molecule has 0 nitrogen and oxygen atoms in total. The molecule has 0 fully saturated rings. The molecule has 1 heteroatoms. The zero-order chi connectivity index (χ0) is 12.5. The smallest absolute Gasteiger partial charge is 0 e. The van der Waals surface area contributed by atoms with E-state index < -0.39 is 0 Å². The average molecular weight is 442 g/mol. The second-order valence-corrected chi connectivity index (χ2v) is 5.11. The van der Waals surface area contributed by atoms with Gasteiger partial charge in [-0.3, -0.25) is 0 Å². The normalized spacial score (nSPS) is 9.67. The summed E-state index contributed by atoms with van der Waals surface area (Å²) in [5.74, 6) is 0.591. The Bertz CT molecular complexity index is 660. The van der Waals surface area contributed by atoms with Crippen molar-refractivity contribution in [2.75, 3.05) is 0 Å². The Morgan fingerprint density at radius 3 is 2.14 bits per heavy atom. The van der Waals surface area contributed by atoms with Gasteiger partial charge in [-0.2, -0.15) is 12.1 Å². The van der Waals surface area contributed by atoms with E-state index >= 15 is 0 Å². The second-order valence-electron chi connectivity index (χ2n) is 5.11. The minimum atomic E-state index is 0. The van der Waals surface area contributed by atoms with Crippen molar-refractivity contribution in [3.05, 3.63) is 81.1 Å². The van der Waals surface area contributed by atoms with E-state index in [0.29, 0.717) is 5.92 Å². The number of hydrogen-bond donors (Lipinski definition) is 0. The summed E-state index contributed by atoms with van der Waals surface area (Å²) in [5, 5.41) is 2.66. The molecule has 0 radical (unpaired) electrons. The Labute approximate surface area is 148 Å². The standard InChI is InChI=1S/C18H17.2CH3.Hf/c1-13(2)14-9-11-16(12-10-14)18-8-4-6-15-5-3-7-17(15)18;;;/h3-13H,1-2H3;2*1H3;/q3*-1;. The van der Waals surface area contributed by atoms with Crippen molar-refractivity contribution >= 4 is 10.8 Å². The molecule has 0 bridgehead atoms. The third kappa shape index (κ3) is 3.97. The molecule has 3 rings (SSSR count). The molecule has 0 amide bonds. The first-order chi connectivity index (χ1) is 8.75. The monoisotopic (exact) mass is 443 g/mol. The molecule has 0 aliphatic heterocycles. The zero-order valence-corrected chi connectivity index (χ0v) is 16.9. The molecule has 0 atom stereocenters. The van der Waals surface area contributed by atoms with Crippen molar-refractivity contribution in [1.29, 1.82) is 0 Å². The van der Waals surface area contributed by atoms with Gasteiger partial charge in [-0.25, -0.2) is 0 Å². The summed E-state index contributed by atoms with van der Waals surface area (Å²) in [6.45, 7) is 4.46. The molecule has 21 heavy (non-hydrogen) atoms. The van der Waals surface area contributed by atoms with Gasteiger partial charge in [0.2, 0.25) is 0 Å². The van der Waals surface area contributed by atoms with Crippen molar-refractivity contribution < 1.29 is 25.8 Å². The first-order valence-corrected chi connectivity index (χ1v) is 6.50. The van der Waals surface area contributed by atoms with E-state index in [0.717, 1.165) is 0 Å². The van der Waals surface area contributed by atoms with E-state index in [9.17, 15) is 0 Å². The van der Waals surface area contributed by atoms with Gasteiger partial charge in [0.1, 0.15) is 0 Å². The first-order valence-electron chi connectivity index (χ1n) is 6.50. The van der Waals surface area contributed by atoms with Gasteiger partial charge in [-0.05, 0) is 17.0 Å². The van der Waals surface area contributed by atoms with E-state index in [4.69, 9.17) is 0 Å². The van der Waals surface area contributed by atoms with Crippen LogP contribution in [0, 0.1) is 14.9 Å². The molecule has 0 N–H and O–H groups in total. The summed E-state index contributed by atoms with van der Waals surface area (Å²) in [5.41, 5.74) is 4.03. The Morgan fingerprint density at radius 2 is 1.52 bits per heavy atom. The molecule has 3 aromatic rings. The molecule has 0 saturated carbocycles. The van der Waals surface area contributed by atoms with Crippen LogP contribution in [0.15, 0.2) is 60.7 Å². The maximum Gasteiger partial charge on any atom is 0 e. The molecule has 0 unspecified atom stereocenters. The maximum atomic E-state index is 2.24. The predicted octanol–water partition coefficient (Wildman–Crippen LogP) is 6.25. The van der Waals surface area contributed by atoms with Crippen LogP contribution >= 0.6 is 0 Å².